The first-order valence-electron chi connectivity index (χ1n) is 7.45. The van der Waals surface area contributed by atoms with Crippen molar-refractivity contribution < 1.29 is 13.2 Å². The second-order valence-electron chi connectivity index (χ2n) is 5.50. The molecule has 0 saturated carbocycles. The van der Waals surface area contributed by atoms with Gasteiger partial charge in [-0.2, -0.15) is 18.2 Å². The van der Waals surface area contributed by atoms with Crippen LogP contribution < -0.4 is 10.6 Å². The zero-order chi connectivity index (χ0) is 17.9. The minimum absolute atomic E-state index is 0.0312. The van der Waals surface area contributed by atoms with E-state index >= 15 is 0 Å². The Labute approximate surface area is 147 Å². The van der Waals surface area contributed by atoms with Gasteiger partial charge in [0, 0.05) is 22.3 Å². The molecule has 1 aromatic carbocycles. The van der Waals surface area contributed by atoms with E-state index in [1.54, 1.807) is 6.07 Å². The van der Waals surface area contributed by atoms with E-state index in [-0.39, 0.29) is 17.8 Å². The molecule has 0 saturated heterocycles. The van der Waals surface area contributed by atoms with Crippen molar-refractivity contribution in [2.24, 2.45) is 0 Å². The highest BCUT2D eigenvalue weighted by Crippen LogP contribution is 2.31. The van der Waals surface area contributed by atoms with Crippen LogP contribution in [-0.4, -0.2) is 16.0 Å². The fraction of sp³-hybridized carbons (Fsp3) is 0.375. The highest BCUT2D eigenvalue weighted by atomic mass is 79.9. The summed E-state index contributed by atoms with van der Waals surface area (Å²) in [6, 6.07) is 6.27. The van der Waals surface area contributed by atoms with E-state index in [0.717, 1.165) is 22.5 Å². The summed E-state index contributed by atoms with van der Waals surface area (Å²) in [5, 5.41) is 5.79. The quantitative estimate of drug-likeness (QED) is 0.690. The highest BCUT2D eigenvalue weighted by molar-refractivity contribution is 9.10. The summed E-state index contributed by atoms with van der Waals surface area (Å²) in [4.78, 5) is 7.71. The van der Waals surface area contributed by atoms with Gasteiger partial charge in [0.2, 0.25) is 5.95 Å². The van der Waals surface area contributed by atoms with Crippen molar-refractivity contribution >= 4 is 33.4 Å². The molecule has 0 bridgehead atoms. The number of alkyl halides is 3. The van der Waals surface area contributed by atoms with Gasteiger partial charge in [0.25, 0.3) is 0 Å². The first-order valence-corrected chi connectivity index (χ1v) is 8.24. The van der Waals surface area contributed by atoms with Crippen LogP contribution in [0.5, 0.6) is 0 Å². The van der Waals surface area contributed by atoms with Gasteiger partial charge < -0.3 is 10.6 Å². The van der Waals surface area contributed by atoms with Crippen LogP contribution in [-0.2, 0) is 6.18 Å². The molecule has 2 aromatic rings. The summed E-state index contributed by atoms with van der Waals surface area (Å²) in [6.45, 7) is 5.68. The van der Waals surface area contributed by atoms with Gasteiger partial charge in [-0.3, -0.25) is 0 Å². The van der Waals surface area contributed by atoms with Crippen LogP contribution in [0.1, 0.15) is 31.5 Å². The molecular formula is C16H18BrF3N4. The second kappa shape index (κ2) is 7.38. The van der Waals surface area contributed by atoms with Crippen LogP contribution in [0.15, 0.2) is 28.7 Å². The average molecular weight is 403 g/mol. The van der Waals surface area contributed by atoms with Crippen molar-refractivity contribution in [1.29, 1.82) is 0 Å². The maximum absolute atomic E-state index is 13.1. The number of halogens is 4. The Kier molecular flexibility index (Phi) is 5.69. The standard InChI is InChI=1S/C16H18BrF3N4/c1-4-10(3)21-15-23-13(16(18,19)20)8-14(24-15)22-11-5-6-12(17)9(2)7-11/h5-8,10H,4H2,1-3H3,(H2,21,22,23,24)/t10-/m0/s1. The first-order chi connectivity index (χ1) is 11.2. The average Bonchev–Trinajstić information content (AvgIpc) is 2.49. The van der Waals surface area contributed by atoms with Crippen LogP contribution >= 0.6 is 15.9 Å². The summed E-state index contributed by atoms with van der Waals surface area (Å²) >= 11 is 3.39. The molecule has 2 N–H and O–H groups in total. The molecule has 2 rings (SSSR count). The molecule has 0 unspecified atom stereocenters. The van der Waals surface area contributed by atoms with Crippen LogP contribution in [0, 0.1) is 6.92 Å². The molecule has 130 valence electrons. The van der Waals surface area contributed by atoms with Gasteiger partial charge >= 0.3 is 6.18 Å². The number of aryl methyl sites for hydroxylation is 1. The Morgan fingerprint density at radius 2 is 1.92 bits per heavy atom. The smallest absolute Gasteiger partial charge is 0.352 e. The fourth-order valence-electron chi connectivity index (χ4n) is 1.91. The van der Waals surface area contributed by atoms with Crippen molar-refractivity contribution in [3.63, 3.8) is 0 Å². The van der Waals surface area contributed by atoms with Crippen molar-refractivity contribution in [3.8, 4) is 0 Å². The number of nitrogens with one attached hydrogen (secondary N) is 2. The SMILES string of the molecule is CC[C@H](C)Nc1nc(Nc2ccc(Br)c(C)c2)cc(C(F)(F)F)n1. The molecule has 0 spiro atoms. The number of anilines is 3. The number of hydrogen-bond donors (Lipinski definition) is 2. The third-order valence-corrected chi connectivity index (χ3v) is 4.32. The Morgan fingerprint density at radius 1 is 1.21 bits per heavy atom. The lowest BCUT2D eigenvalue weighted by Gasteiger charge is -2.15. The molecule has 0 aliphatic heterocycles. The summed E-state index contributed by atoms with van der Waals surface area (Å²) in [5.41, 5.74) is 0.625. The van der Waals surface area contributed by atoms with Crippen molar-refractivity contribution in [1.82, 2.24) is 9.97 Å². The number of nitrogens with zero attached hydrogens (tertiary/aromatic N) is 2. The molecule has 1 atom stereocenters. The van der Waals surface area contributed by atoms with E-state index in [4.69, 9.17) is 0 Å². The van der Waals surface area contributed by atoms with Crippen LogP contribution in [0.25, 0.3) is 0 Å². The molecule has 0 aliphatic carbocycles. The lowest BCUT2D eigenvalue weighted by Crippen LogP contribution is -2.18. The summed E-state index contributed by atoms with van der Waals surface area (Å²) in [7, 11) is 0. The van der Waals surface area contributed by atoms with Crippen LogP contribution in [0.4, 0.5) is 30.6 Å². The van der Waals surface area contributed by atoms with Gasteiger partial charge in [-0.15, -0.1) is 0 Å². The Morgan fingerprint density at radius 3 is 2.50 bits per heavy atom. The Balaban J connectivity index is 2.36. The molecular weight excluding hydrogens is 385 g/mol. The zero-order valence-electron chi connectivity index (χ0n) is 13.5. The third kappa shape index (κ3) is 4.83. The van der Waals surface area contributed by atoms with E-state index in [2.05, 4.69) is 36.5 Å². The summed E-state index contributed by atoms with van der Waals surface area (Å²) in [6.07, 6.45) is -3.80. The van der Waals surface area contributed by atoms with Gasteiger partial charge in [-0.1, -0.05) is 22.9 Å². The number of hydrogen-bond acceptors (Lipinski definition) is 4. The minimum atomic E-state index is -4.54. The summed E-state index contributed by atoms with van der Waals surface area (Å²) in [5.74, 6) is 0.0420. The van der Waals surface area contributed by atoms with Gasteiger partial charge in [0.05, 0.1) is 0 Å². The van der Waals surface area contributed by atoms with Crippen molar-refractivity contribution in [2.75, 3.05) is 10.6 Å². The predicted octanol–water partition coefficient (Wildman–Crippen LogP) is 5.52. The van der Waals surface area contributed by atoms with Gasteiger partial charge in [0.15, 0.2) is 5.69 Å². The van der Waals surface area contributed by atoms with E-state index in [0.29, 0.717) is 5.69 Å². The monoisotopic (exact) mass is 402 g/mol. The maximum Gasteiger partial charge on any atom is 0.433 e. The van der Waals surface area contributed by atoms with E-state index in [1.807, 2.05) is 32.9 Å². The van der Waals surface area contributed by atoms with E-state index in [9.17, 15) is 13.2 Å². The fourth-order valence-corrected chi connectivity index (χ4v) is 2.16. The Hall–Kier alpha value is -1.83. The van der Waals surface area contributed by atoms with Gasteiger partial charge in [0.1, 0.15) is 5.82 Å². The normalized spacial score (nSPS) is 12.8. The molecule has 1 heterocycles. The second-order valence-corrected chi connectivity index (χ2v) is 6.36. The summed E-state index contributed by atoms with van der Waals surface area (Å²) < 4.78 is 40.1. The molecule has 4 nitrogen and oxygen atoms in total. The number of benzene rings is 1. The molecule has 0 amide bonds. The van der Waals surface area contributed by atoms with Gasteiger partial charge in [-0.25, -0.2) is 4.98 Å². The van der Waals surface area contributed by atoms with E-state index < -0.39 is 11.9 Å². The molecule has 24 heavy (non-hydrogen) atoms. The van der Waals surface area contributed by atoms with Gasteiger partial charge in [-0.05, 0) is 44.0 Å². The molecule has 0 radical (unpaired) electrons. The zero-order valence-corrected chi connectivity index (χ0v) is 15.1. The first kappa shape index (κ1) is 18.5. The number of aromatic nitrogens is 2. The molecule has 0 aliphatic rings. The third-order valence-electron chi connectivity index (χ3n) is 3.43. The van der Waals surface area contributed by atoms with Crippen molar-refractivity contribution in [2.45, 2.75) is 39.4 Å². The van der Waals surface area contributed by atoms with Crippen LogP contribution in [0.2, 0.25) is 0 Å². The van der Waals surface area contributed by atoms with E-state index in [1.165, 1.54) is 0 Å². The predicted molar refractivity (Wildman–Crippen MR) is 92.6 cm³/mol. The van der Waals surface area contributed by atoms with Crippen molar-refractivity contribution in [3.05, 3.63) is 40.0 Å². The topological polar surface area (TPSA) is 49.8 Å². The number of rotatable bonds is 5. The molecule has 8 heteroatoms. The largest absolute Gasteiger partial charge is 0.433 e. The lowest BCUT2D eigenvalue weighted by atomic mass is 10.2. The highest BCUT2D eigenvalue weighted by Gasteiger charge is 2.33. The van der Waals surface area contributed by atoms with Crippen LogP contribution in [0.3, 0.4) is 0 Å². The minimum Gasteiger partial charge on any atom is -0.352 e. The Bertz CT molecular complexity index is 719. The molecule has 0 fully saturated rings. The maximum atomic E-state index is 13.1. The lowest BCUT2D eigenvalue weighted by molar-refractivity contribution is -0.141. The molecule has 1 aromatic heterocycles.